The van der Waals surface area contributed by atoms with Gasteiger partial charge >= 0.3 is 0 Å². The zero-order valence-corrected chi connectivity index (χ0v) is 13.4. The van der Waals surface area contributed by atoms with E-state index in [1.807, 2.05) is 25.7 Å². The molecule has 1 saturated heterocycles. The number of nitrogens with zero attached hydrogens (tertiary/aromatic N) is 2. The topological polar surface area (TPSA) is 40.6 Å². The lowest BCUT2D eigenvalue weighted by atomic mass is 9.91. The second-order valence-corrected chi connectivity index (χ2v) is 6.92. The lowest BCUT2D eigenvalue weighted by Crippen LogP contribution is -2.51. The number of amides is 2. The Kier molecular flexibility index (Phi) is 4.84. The van der Waals surface area contributed by atoms with Gasteiger partial charge in [0.25, 0.3) is 5.91 Å². The zero-order chi connectivity index (χ0) is 16.3. The fourth-order valence-corrected chi connectivity index (χ4v) is 2.50. The molecule has 5 heteroatoms. The highest BCUT2D eigenvalue weighted by molar-refractivity contribution is 5.94. The largest absolute Gasteiger partial charge is 0.339 e. The van der Waals surface area contributed by atoms with E-state index in [1.165, 1.54) is 24.3 Å². The summed E-state index contributed by atoms with van der Waals surface area (Å²) in [4.78, 5) is 28.0. The lowest BCUT2D eigenvalue weighted by molar-refractivity contribution is -0.134. The van der Waals surface area contributed by atoms with Crippen molar-refractivity contribution in [1.29, 1.82) is 0 Å². The number of benzene rings is 1. The van der Waals surface area contributed by atoms with E-state index in [-0.39, 0.29) is 23.0 Å². The van der Waals surface area contributed by atoms with E-state index in [4.69, 9.17) is 0 Å². The van der Waals surface area contributed by atoms with Crippen molar-refractivity contribution in [3.8, 4) is 0 Å². The van der Waals surface area contributed by atoms with Gasteiger partial charge in [0.1, 0.15) is 5.82 Å². The van der Waals surface area contributed by atoms with Crippen LogP contribution in [0.4, 0.5) is 4.39 Å². The molecule has 2 amide bonds. The normalized spacial score (nSPS) is 15.8. The van der Waals surface area contributed by atoms with Crippen LogP contribution in [0.1, 0.15) is 37.6 Å². The maximum Gasteiger partial charge on any atom is 0.253 e. The molecule has 0 atom stereocenters. The van der Waals surface area contributed by atoms with Crippen molar-refractivity contribution in [2.45, 2.75) is 27.2 Å². The van der Waals surface area contributed by atoms with Crippen molar-refractivity contribution < 1.29 is 14.0 Å². The summed E-state index contributed by atoms with van der Waals surface area (Å²) in [5.41, 5.74) is 0.453. The fraction of sp³-hybridized carbons (Fsp3) is 0.529. The van der Waals surface area contributed by atoms with E-state index in [9.17, 15) is 14.0 Å². The number of halogens is 1. The molecule has 1 aromatic rings. The predicted octanol–water partition coefficient (Wildman–Crippen LogP) is 2.55. The lowest BCUT2D eigenvalue weighted by Gasteiger charge is -2.36. The van der Waals surface area contributed by atoms with Crippen LogP contribution in [0, 0.1) is 11.2 Å². The highest BCUT2D eigenvalue weighted by Gasteiger charge is 2.27. The van der Waals surface area contributed by atoms with E-state index in [0.29, 0.717) is 38.2 Å². The zero-order valence-electron chi connectivity index (χ0n) is 13.4. The van der Waals surface area contributed by atoms with Gasteiger partial charge in [-0.1, -0.05) is 20.8 Å². The van der Waals surface area contributed by atoms with Crippen LogP contribution in [0.25, 0.3) is 0 Å². The van der Waals surface area contributed by atoms with Crippen molar-refractivity contribution >= 4 is 11.8 Å². The molecule has 1 aliphatic heterocycles. The molecule has 22 heavy (non-hydrogen) atoms. The molecule has 2 rings (SSSR count). The van der Waals surface area contributed by atoms with E-state index in [0.717, 1.165) is 0 Å². The summed E-state index contributed by atoms with van der Waals surface area (Å²) >= 11 is 0. The Morgan fingerprint density at radius 1 is 1.00 bits per heavy atom. The summed E-state index contributed by atoms with van der Waals surface area (Å²) in [6.07, 6.45) is 0.513. The van der Waals surface area contributed by atoms with Crippen LogP contribution in [-0.2, 0) is 4.79 Å². The van der Waals surface area contributed by atoms with Crippen molar-refractivity contribution in [2.75, 3.05) is 26.2 Å². The van der Waals surface area contributed by atoms with Gasteiger partial charge in [-0.25, -0.2) is 4.39 Å². The van der Waals surface area contributed by atoms with Crippen LogP contribution >= 0.6 is 0 Å². The Morgan fingerprint density at radius 3 is 2.00 bits per heavy atom. The molecular formula is C17H23FN2O2. The van der Waals surface area contributed by atoms with Crippen LogP contribution in [0.2, 0.25) is 0 Å². The summed E-state index contributed by atoms with van der Waals surface area (Å²) in [6, 6.07) is 5.57. The molecule has 0 bridgehead atoms. The summed E-state index contributed by atoms with van der Waals surface area (Å²) in [6.45, 7) is 8.28. The first-order chi connectivity index (χ1) is 10.3. The van der Waals surface area contributed by atoms with Crippen LogP contribution in [0.3, 0.4) is 0 Å². The second-order valence-electron chi connectivity index (χ2n) is 6.92. The smallest absolute Gasteiger partial charge is 0.253 e. The molecule has 0 aliphatic carbocycles. The van der Waals surface area contributed by atoms with Crippen LogP contribution in [0.15, 0.2) is 24.3 Å². The Bertz CT molecular complexity index is 541. The molecule has 0 saturated carbocycles. The van der Waals surface area contributed by atoms with Gasteiger partial charge in [-0.2, -0.15) is 0 Å². The first-order valence-electron chi connectivity index (χ1n) is 7.59. The standard InChI is InChI=1S/C17H23FN2O2/c1-17(2,3)12-15(21)19-8-10-20(11-9-19)16(22)13-4-6-14(18)7-5-13/h4-7H,8-12H2,1-3H3. The van der Waals surface area contributed by atoms with Gasteiger partial charge in [-0.3, -0.25) is 9.59 Å². The minimum atomic E-state index is -0.353. The number of hydrogen-bond acceptors (Lipinski definition) is 2. The summed E-state index contributed by atoms with van der Waals surface area (Å²) in [7, 11) is 0. The quantitative estimate of drug-likeness (QED) is 0.842. The molecule has 0 N–H and O–H groups in total. The third kappa shape index (κ3) is 4.29. The molecule has 1 fully saturated rings. The average molecular weight is 306 g/mol. The number of carbonyl (C=O) groups excluding carboxylic acids is 2. The Labute approximate surface area is 130 Å². The SMILES string of the molecule is CC(C)(C)CC(=O)N1CCN(C(=O)c2ccc(F)cc2)CC1. The monoisotopic (exact) mass is 306 g/mol. The van der Waals surface area contributed by atoms with E-state index < -0.39 is 0 Å². The molecule has 0 aromatic heterocycles. The van der Waals surface area contributed by atoms with Crippen LogP contribution in [-0.4, -0.2) is 47.8 Å². The summed E-state index contributed by atoms with van der Waals surface area (Å²) in [5, 5.41) is 0. The van der Waals surface area contributed by atoms with Gasteiger partial charge in [0, 0.05) is 38.2 Å². The molecular weight excluding hydrogens is 283 g/mol. The predicted molar refractivity (Wildman–Crippen MR) is 83.0 cm³/mol. The molecule has 0 unspecified atom stereocenters. The summed E-state index contributed by atoms with van der Waals surface area (Å²) in [5.74, 6) is -0.321. The Hall–Kier alpha value is -1.91. The number of hydrogen-bond donors (Lipinski definition) is 0. The third-order valence-electron chi connectivity index (χ3n) is 3.69. The average Bonchev–Trinajstić information content (AvgIpc) is 2.46. The van der Waals surface area contributed by atoms with Gasteiger partial charge < -0.3 is 9.80 Å². The number of carbonyl (C=O) groups is 2. The second kappa shape index (κ2) is 6.46. The maximum absolute atomic E-state index is 12.9. The third-order valence-corrected chi connectivity index (χ3v) is 3.69. The summed E-state index contributed by atoms with van der Waals surface area (Å²) < 4.78 is 12.9. The van der Waals surface area contributed by atoms with Gasteiger partial charge in [0.05, 0.1) is 0 Å². The fourth-order valence-electron chi connectivity index (χ4n) is 2.50. The number of piperazine rings is 1. The highest BCUT2D eigenvalue weighted by Crippen LogP contribution is 2.20. The van der Waals surface area contributed by atoms with Crippen LogP contribution in [0.5, 0.6) is 0 Å². The Balaban J connectivity index is 1.90. The van der Waals surface area contributed by atoms with Crippen molar-refractivity contribution in [1.82, 2.24) is 9.80 Å². The van der Waals surface area contributed by atoms with Gasteiger partial charge in [-0.15, -0.1) is 0 Å². The van der Waals surface area contributed by atoms with Crippen LogP contribution < -0.4 is 0 Å². The molecule has 0 radical (unpaired) electrons. The van der Waals surface area contributed by atoms with Crippen molar-refractivity contribution in [2.24, 2.45) is 5.41 Å². The molecule has 0 spiro atoms. The molecule has 1 aliphatic rings. The molecule has 4 nitrogen and oxygen atoms in total. The molecule has 1 aromatic carbocycles. The number of rotatable bonds is 2. The minimum absolute atomic E-state index is 0.0296. The first kappa shape index (κ1) is 16.5. The van der Waals surface area contributed by atoms with Gasteiger partial charge in [-0.05, 0) is 29.7 Å². The van der Waals surface area contributed by atoms with Gasteiger partial charge in [0.15, 0.2) is 0 Å². The highest BCUT2D eigenvalue weighted by atomic mass is 19.1. The molecule has 1 heterocycles. The van der Waals surface area contributed by atoms with Crippen molar-refractivity contribution in [3.05, 3.63) is 35.6 Å². The molecule has 120 valence electrons. The van der Waals surface area contributed by atoms with E-state index in [1.54, 1.807) is 4.90 Å². The van der Waals surface area contributed by atoms with Gasteiger partial charge in [0.2, 0.25) is 5.91 Å². The van der Waals surface area contributed by atoms with E-state index in [2.05, 4.69) is 0 Å². The minimum Gasteiger partial charge on any atom is -0.339 e. The first-order valence-corrected chi connectivity index (χ1v) is 7.59. The van der Waals surface area contributed by atoms with Crippen molar-refractivity contribution in [3.63, 3.8) is 0 Å². The Morgan fingerprint density at radius 2 is 1.50 bits per heavy atom. The maximum atomic E-state index is 12.9. The van der Waals surface area contributed by atoms with E-state index >= 15 is 0 Å².